The average molecular weight is 212 g/mol. The van der Waals surface area contributed by atoms with Gasteiger partial charge in [0.15, 0.2) is 11.9 Å². The summed E-state index contributed by atoms with van der Waals surface area (Å²) < 4.78 is 9.69. The summed E-state index contributed by atoms with van der Waals surface area (Å²) in [6.45, 7) is 2.53. The molecule has 0 radical (unpaired) electrons. The summed E-state index contributed by atoms with van der Waals surface area (Å²) in [5.41, 5.74) is 0. The van der Waals surface area contributed by atoms with E-state index in [1.807, 2.05) is 0 Å². The van der Waals surface area contributed by atoms with Crippen LogP contribution in [0.4, 0.5) is 0 Å². The lowest BCUT2D eigenvalue weighted by atomic mass is 10.3. The maximum absolute atomic E-state index is 10.8. The summed E-state index contributed by atoms with van der Waals surface area (Å²) in [7, 11) is 0. The van der Waals surface area contributed by atoms with Gasteiger partial charge in [-0.3, -0.25) is 9.59 Å². The molecule has 0 bridgehead atoms. The fourth-order valence-electron chi connectivity index (χ4n) is 1.02. The van der Waals surface area contributed by atoms with Crippen molar-refractivity contribution in [3.8, 4) is 0 Å². The highest BCUT2D eigenvalue weighted by molar-refractivity contribution is 5.67. The van der Waals surface area contributed by atoms with Gasteiger partial charge < -0.3 is 14.5 Å². The van der Waals surface area contributed by atoms with E-state index in [2.05, 4.69) is 9.97 Å². The standard InChI is InChI=1S/C9H12N2O4/c1-6(12)14-5-8(15-7(2)13)9-10-3-4-11-9/h3-4,8H,5H2,1-2H3,(H,10,11). The molecule has 6 nitrogen and oxygen atoms in total. The van der Waals surface area contributed by atoms with Crippen LogP contribution in [0.5, 0.6) is 0 Å². The van der Waals surface area contributed by atoms with Crippen LogP contribution in [-0.2, 0) is 19.1 Å². The predicted molar refractivity (Wildman–Crippen MR) is 49.7 cm³/mol. The summed E-state index contributed by atoms with van der Waals surface area (Å²) in [6, 6.07) is 0. The monoisotopic (exact) mass is 212 g/mol. The van der Waals surface area contributed by atoms with Gasteiger partial charge in [0.25, 0.3) is 0 Å². The van der Waals surface area contributed by atoms with Gasteiger partial charge in [0.2, 0.25) is 0 Å². The minimum atomic E-state index is -0.679. The van der Waals surface area contributed by atoms with Crippen LogP contribution in [0.25, 0.3) is 0 Å². The largest absolute Gasteiger partial charge is 0.461 e. The zero-order valence-electron chi connectivity index (χ0n) is 8.52. The Balaban J connectivity index is 2.61. The van der Waals surface area contributed by atoms with Crippen LogP contribution in [0.1, 0.15) is 25.8 Å². The van der Waals surface area contributed by atoms with Crippen LogP contribution < -0.4 is 0 Å². The summed E-state index contributed by atoms with van der Waals surface area (Å²) in [5, 5.41) is 0. The quantitative estimate of drug-likeness (QED) is 0.738. The molecular formula is C9H12N2O4. The molecule has 0 aliphatic carbocycles. The second-order valence-electron chi connectivity index (χ2n) is 2.88. The molecule has 0 aliphatic rings. The number of rotatable bonds is 4. The van der Waals surface area contributed by atoms with Crippen molar-refractivity contribution in [1.82, 2.24) is 9.97 Å². The fourth-order valence-corrected chi connectivity index (χ4v) is 1.02. The zero-order valence-corrected chi connectivity index (χ0v) is 8.52. The van der Waals surface area contributed by atoms with Gasteiger partial charge in [0, 0.05) is 26.2 Å². The third-order valence-corrected chi connectivity index (χ3v) is 1.57. The Morgan fingerprint density at radius 3 is 2.67 bits per heavy atom. The second-order valence-corrected chi connectivity index (χ2v) is 2.88. The SMILES string of the molecule is CC(=O)OCC(OC(C)=O)c1ncc[nH]1. The molecule has 1 heterocycles. The summed E-state index contributed by atoms with van der Waals surface area (Å²) in [6.07, 6.45) is 2.44. The van der Waals surface area contributed by atoms with E-state index in [4.69, 9.17) is 9.47 Å². The molecule has 1 atom stereocenters. The molecule has 0 amide bonds. The molecule has 6 heteroatoms. The molecule has 0 aromatic carbocycles. The Hall–Kier alpha value is -1.85. The highest BCUT2D eigenvalue weighted by Gasteiger charge is 2.18. The van der Waals surface area contributed by atoms with Crippen LogP contribution in [0, 0.1) is 0 Å². The van der Waals surface area contributed by atoms with Gasteiger partial charge in [-0.05, 0) is 0 Å². The van der Waals surface area contributed by atoms with Crippen molar-refractivity contribution >= 4 is 11.9 Å². The summed E-state index contributed by atoms with van der Waals surface area (Å²) in [5.74, 6) is -0.436. The van der Waals surface area contributed by atoms with Gasteiger partial charge in [0.05, 0.1) is 0 Å². The normalized spacial score (nSPS) is 11.9. The van der Waals surface area contributed by atoms with Crippen LogP contribution in [0.15, 0.2) is 12.4 Å². The summed E-state index contributed by atoms with van der Waals surface area (Å²) in [4.78, 5) is 28.1. The molecule has 0 spiro atoms. The summed E-state index contributed by atoms with van der Waals surface area (Å²) >= 11 is 0. The van der Waals surface area contributed by atoms with E-state index in [0.29, 0.717) is 5.82 Å². The molecular weight excluding hydrogens is 200 g/mol. The molecule has 1 N–H and O–H groups in total. The van der Waals surface area contributed by atoms with Crippen molar-refractivity contribution in [3.05, 3.63) is 18.2 Å². The van der Waals surface area contributed by atoms with E-state index in [0.717, 1.165) is 0 Å². The maximum Gasteiger partial charge on any atom is 0.303 e. The van der Waals surface area contributed by atoms with Gasteiger partial charge in [-0.2, -0.15) is 0 Å². The van der Waals surface area contributed by atoms with Gasteiger partial charge in [-0.15, -0.1) is 0 Å². The number of carbonyl (C=O) groups excluding carboxylic acids is 2. The van der Waals surface area contributed by atoms with Crippen molar-refractivity contribution < 1.29 is 19.1 Å². The Bertz CT molecular complexity index is 334. The molecule has 0 saturated heterocycles. The number of H-pyrrole nitrogens is 1. The lowest BCUT2D eigenvalue weighted by molar-refractivity contribution is -0.157. The van der Waals surface area contributed by atoms with Crippen LogP contribution in [-0.4, -0.2) is 28.5 Å². The Morgan fingerprint density at radius 1 is 1.47 bits per heavy atom. The highest BCUT2D eigenvalue weighted by Crippen LogP contribution is 2.13. The van der Waals surface area contributed by atoms with Gasteiger partial charge >= 0.3 is 11.9 Å². The topological polar surface area (TPSA) is 81.3 Å². The predicted octanol–water partition coefficient (Wildman–Crippen LogP) is 0.577. The average Bonchev–Trinajstić information content (AvgIpc) is 2.63. The molecule has 1 aromatic heterocycles. The van der Waals surface area contributed by atoms with E-state index < -0.39 is 18.0 Å². The van der Waals surface area contributed by atoms with Gasteiger partial charge in [-0.25, -0.2) is 4.98 Å². The van der Waals surface area contributed by atoms with Crippen molar-refractivity contribution in [2.45, 2.75) is 20.0 Å². The minimum Gasteiger partial charge on any atom is -0.461 e. The molecule has 82 valence electrons. The molecule has 0 saturated carbocycles. The maximum atomic E-state index is 10.8. The zero-order chi connectivity index (χ0) is 11.3. The first-order valence-electron chi connectivity index (χ1n) is 4.39. The molecule has 1 unspecified atom stereocenters. The van der Waals surface area contributed by atoms with E-state index in [9.17, 15) is 9.59 Å². The van der Waals surface area contributed by atoms with Gasteiger partial charge in [0.1, 0.15) is 6.61 Å². The van der Waals surface area contributed by atoms with Crippen LogP contribution in [0.2, 0.25) is 0 Å². The van der Waals surface area contributed by atoms with Gasteiger partial charge in [-0.1, -0.05) is 0 Å². The van der Waals surface area contributed by atoms with Crippen LogP contribution >= 0.6 is 0 Å². The number of hydrogen-bond donors (Lipinski definition) is 1. The van der Waals surface area contributed by atoms with Crippen molar-refractivity contribution in [1.29, 1.82) is 0 Å². The Labute approximate surface area is 86.6 Å². The Kier molecular flexibility index (Phi) is 3.84. The van der Waals surface area contributed by atoms with E-state index in [1.165, 1.54) is 20.0 Å². The highest BCUT2D eigenvalue weighted by atomic mass is 16.6. The first kappa shape index (κ1) is 11.2. The number of esters is 2. The molecule has 0 aliphatic heterocycles. The third-order valence-electron chi connectivity index (χ3n) is 1.57. The first-order chi connectivity index (χ1) is 7.09. The van der Waals surface area contributed by atoms with E-state index in [1.54, 1.807) is 6.20 Å². The molecule has 1 rings (SSSR count). The molecule has 0 fully saturated rings. The smallest absolute Gasteiger partial charge is 0.303 e. The number of imidazole rings is 1. The molecule has 15 heavy (non-hydrogen) atoms. The van der Waals surface area contributed by atoms with Crippen molar-refractivity contribution in [2.24, 2.45) is 0 Å². The first-order valence-corrected chi connectivity index (χ1v) is 4.39. The second kappa shape index (κ2) is 5.14. The Morgan fingerprint density at radius 2 is 2.20 bits per heavy atom. The lowest BCUT2D eigenvalue weighted by Crippen LogP contribution is -2.17. The number of hydrogen-bond acceptors (Lipinski definition) is 5. The van der Waals surface area contributed by atoms with Crippen LogP contribution in [0.3, 0.4) is 0 Å². The van der Waals surface area contributed by atoms with Crippen molar-refractivity contribution in [3.63, 3.8) is 0 Å². The number of nitrogens with one attached hydrogen (secondary N) is 1. The van der Waals surface area contributed by atoms with E-state index in [-0.39, 0.29) is 6.61 Å². The number of carbonyl (C=O) groups is 2. The van der Waals surface area contributed by atoms with E-state index >= 15 is 0 Å². The number of aromatic nitrogens is 2. The minimum absolute atomic E-state index is 0.0393. The number of ether oxygens (including phenoxy) is 2. The third kappa shape index (κ3) is 3.80. The number of nitrogens with zero attached hydrogens (tertiary/aromatic N) is 1. The number of aromatic amines is 1. The molecule has 1 aromatic rings. The fraction of sp³-hybridized carbons (Fsp3) is 0.444. The lowest BCUT2D eigenvalue weighted by Gasteiger charge is -2.14. The van der Waals surface area contributed by atoms with Crippen molar-refractivity contribution in [2.75, 3.05) is 6.61 Å².